The summed E-state index contributed by atoms with van der Waals surface area (Å²) in [5, 5.41) is 0. The predicted molar refractivity (Wildman–Crippen MR) is 80.3 cm³/mol. The van der Waals surface area contributed by atoms with E-state index < -0.39 is 0 Å². The summed E-state index contributed by atoms with van der Waals surface area (Å²) in [7, 11) is 0. The average Bonchev–Trinajstić information content (AvgIpc) is 2.39. The molecule has 3 heteroatoms. The fraction of sp³-hybridized carbons (Fsp3) is 0.625. The van der Waals surface area contributed by atoms with Gasteiger partial charge in [-0.2, -0.15) is 0 Å². The van der Waals surface area contributed by atoms with Crippen molar-refractivity contribution >= 4 is 5.69 Å². The third kappa shape index (κ3) is 3.48. The van der Waals surface area contributed by atoms with Crippen molar-refractivity contribution in [2.24, 2.45) is 5.90 Å². The van der Waals surface area contributed by atoms with Crippen LogP contribution in [0.2, 0.25) is 0 Å². The molecule has 1 aliphatic rings. The summed E-state index contributed by atoms with van der Waals surface area (Å²) in [6.07, 6.45) is 3.69. The summed E-state index contributed by atoms with van der Waals surface area (Å²) in [5.74, 6) is 5.25. The van der Waals surface area contributed by atoms with Gasteiger partial charge in [-0.15, -0.1) is 0 Å². The van der Waals surface area contributed by atoms with Crippen LogP contribution in [0.5, 0.6) is 0 Å². The molecule has 0 aliphatic carbocycles. The second kappa shape index (κ2) is 5.93. The molecule has 1 atom stereocenters. The Morgan fingerprint density at radius 2 is 1.89 bits per heavy atom. The zero-order chi connectivity index (χ0) is 13.9. The molecule has 1 heterocycles. The molecule has 0 bridgehead atoms. The van der Waals surface area contributed by atoms with Crippen LogP contribution in [-0.4, -0.2) is 19.2 Å². The van der Waals surface area contributed by atoms with Crippen LogP contribution < -0.4 is 10.8 Å². The number of anilines is 1. The summed E-state index contributed by atoms with van der Waals surface area (Å²) in [6, 6.07) is 9.36. The minimum absolute atomic E-state index is 0.209. The van der Waals surface area contributed by atoms with Gasteiger partial charge in [0.2, 0.25) is 0 Å². The Balaban J connectivity index is 2.15. The van der Waals surface area contributed by atoms with Gasteiger partial charge < -0.3 is 9.74 Å². The van der Waals surface area contributed by atoms with Crippen molar-refractivity contribution in [1.29, 1.82) is 0 Å². The van der Waals surface area contributed by atoms with Gasteiger partial charge in [-0.05, 0) is 42.4 Å². The molecule has 0 amide bonds. The van der Waals surface area contributed by atoms with E-state index in [1.807, 2.05) is 0 Å². The first-order chi connectivity index (χ1) is 9.02. The molecule has 1 saturated heterocycles. The Kier molecular flexibility index (Phi) is 4.48. The normalized spacial score (nSPS) is 20.6. The summed E-state index contributed by atoms with van der Waals surface area (Å²) in [6.45, 7) is 8.44. The van der Waals surface area contributed by atoms with E-state index in [0.29, 0.717) is 12.6 Å². The lowest BCUT2D eigenvalue weighted by Gasteiger charge is -2.37. The summed E-state index contributed by atoms with van der Waals surface area (Å²) >= 11 is 0. The molecule has 2 N–H and O–H groups in total. The molecule has 0 aromatic heterocycles. The maximum Gasteiger partial charge on any atom is 0.0882 e. The first kappa shape index (κ1) is 14.4. The molecular weight excluding hydrogens is 236 g/mol. The second-order valence-electron chi connectivity index (χ2n) is 6.47. The molecule has 1 aromatic rings. The highest BCUT2D eigenvalue weighted by atomic mass is 16.6. The molecule has 0 radical (unpaired) electrons. The summed E-state index contributed by atoms with van der Waals surface area (Å²) in [5.41, 5.74) is 2.87. The smallest absolute Gasteiger partial charge is 0.0882 e. The average molecular weight is 262 g/mol. The fourth-order valence-electron chi connectivity index (χ4n) is 2.78. The predicted octanol–water partition coefficient (Wildman–Crippen LogP) is 3.23. The van der Waals surface area contributed by atoms with E-state index in [-0.39, 0.29) is 5.41 Å². The first-order valence-electron chi connectivity index (χ1n) is 7.21. The molecule has 19 heavy (non-hydrogen) atoms. The standard InChI is InChI=1S/C16H26N2O/c1-16(2,3)13-7-9-14(10-8-13)18-11-5-4-6-15(18)12-19-17/h7-10,15H,4-6,11-12,17H2,1-3H3. The molecular formula is C16H26N2O. The van der Waals surface area contributed by atoms with E-state index in [2.05, 4.69) is 49.9 Å². The van der Waals surface area contributed by atoms with E-state index in [0.717, 1.165) is 13.0 Å². The van der Waals surface area contributed by atoms with Gasteiger partial charge in [-0.3, -0.25) is 0 Å². The highest BCUT2D eigenvalue weighted by Gasteiger charge is 2.23. The van der Waals surface area contributed by atoms with Crippen molar-refractivity contribution in [3.8, 4) is 0 Å². The van der Waals surface area contributed by atoms with Crippen molar-refractivity contribution in [2.75, 3.05) is 18.1 Å². The van der Waals surface area contributed by atoms with Crippen LogP contribution in [0.25, 0.3) is 0 Å². The van der Waals surface area contributed by atoms with Crippen LogP contribution in [0, 0.1) is 0 Å². The van der Waals surface area contributed by atoms with Crippen molar-refractivity contribution in [3.63, 3.8) is 0 Å². The highest BCUT2D eigenvalue weighted by molar-refractivity contribution is 5.50. The van der Waals surface area contributed by atoms with Gasteiger partial charge in [0.1, 0.15) is 0 Å². The van der Waals surface area contributed by atoms with Gasteiger partial charge in [0.15, 0.2) is 0 Å². The number of hydrogen-bond acceptors (Lipinski definition) is 3. The van der Waals surface area contributed by atoms with Crippen LogP contribution in [0.1, 0.15) is 45.6 Å². The van der Waals surface area contributed by atoms with Gasteiger partial charge in [0, 0.05) is 12.2 Å². The molecule has 2 rings (SSSR count). The Hall–Kier alpha value is -1.06. The van der Waals surface area contributed by atoms with Gasteiger partial charge in [0.25, 0.3) is 0 Å². The van der Waals surface area contributed by atoms with E-state index in [1.165, 1.54) is 24.1 Å². The van der Waals surface area contributed by atoms with Crippen molar-refractivity contribution in [1.82, 2.24) is 0 Å². The third-order valence-electron chi connectivity index (χ3n) is 3.98. The van der Waals surface area contributed by atoms with Crippen LogP contribution in [0.4, 0.5) is 5.69 Å². The van der Waals surface area contributed by atoms with Crippen molar-refractivity contribution in [3.05, 3.63) is 29.8 Å². The van der Waals surface area contributed by atoms with Crippen LogP contribution in [0.15, 0.2) is 24.3 Å². The topological polar surface area (TPSA) is 38.5 Å². The van der Waals surface area contributed by atoms with E-state index in [4.69, 9.17) is 10.7 Å². The zero-order valence-corrected chi connectivity index (χ0v) is 12.4. The maximum absolute atomic E-state index is 5.25. The number of piperidine rings is 1. The van der Waals surface area contributed by atoms with Crippen LogP contribution in [0.3, 0.4) is 0 Å². The Morgan fingerprint density at radius 1 is 1.21 bits per heavy atom. The van der Waals surface area contributed by atoms with Gasteiger partial charge in [-0.1, -0.05) is 32.9 Å². The van der Waals surface area contributed by atoms with Crippen molar-refractivity contribution in [2.45, 2.75) is 51.5 Å². The number of rotatable bonds is 3. The largest absolute Gasteiger partial charge is 0.366 e. The lowest BCUT2D eigenvalue weighted by molar-refractivity contribution is 0.114. The lowest BCUT2D eigenvalue weighted by Crippen LogP contribution is -2.43. The highest BCUT2D eigenvalue weighted by Crippen LogP contribution is 2.28. The SMILES string of the molecule is CC(C)(C)c1ccc(N2CCCCC2CON)cc1. The first-order valence-corrected chi connectivity index (χ1v) is 7.21. The minimum Gasteiger partial charge on any atom is -0.366 e. The van der Waals surface area contributed by atoms with Gasteiger partial charge in [-0.25, -0.2) is 5.90 Å². The third-order valence-corrected chi connectivity index (χ3v) is 3.98. The maximum atomic E-state index is 5.25. The Morgan fingerprint density at radius 3 is 2.47 bits per heavy atom. The monoisotopic (exact) mass is 262 g/mol. The quantitative estimate of drug-likeness (QED) is 0.850. The molecule has 1 fully saturated rings. The van der Waals surface area contributed by atoms with Gasteiger partial charge in [0.05, 0.1) is 12.6 Å². The number of benzene rings is 1. The van der Waals surface area contributed by atoms with E-state index in [1.54, 1.807) is 0 Å². The molecule has 0 saturated carbocycles. The lowest BCUT2D eigenvalue weighted by atomic mass is 9.87. The zero-order valence-electron chi connectivity index (χ0n) is 12.4. The number of hydrogen-bond donors (Lipinski definition) is 1. The van der Waals surface area contributed by atoms with E-state index in [9.17, 15) is 0 Å². The van der Waals surface area contributed by atoms with Crippen LogP contribution in [-0.2, 0) is 10.3 Å². The molecule has 106 valence electrons. The minimum atomic E-state index is 0.209. The molecule has 1 aromatic carbocycles. The molecule has 1 unspecified atom stereocenters. The summed E-state index contributed by atoms with van der Waals surface area (Å²) in [4.78, 5) is 7.30. The van der Waals surface area contributed by atoms with Crippen molar-refractivity contribution < 1.29 is 4.84 Å². The molecule has 1 aliphatic heterocycles. The fourth-order valence-corrected chi connectivity index (χ4v) is 2.78. The Labute approximate surface area is 116 Å². The van der Waals surface area contributed by atoms with E-state index >= 15 is 0 Å². The molecule has 0 spiro atoms. The summed E-state index contributed by atoms with van der Waals surface area (Å²) < 4.78 is 0. The second-order valence-corrected chi connectivity index (χ2v) is 6.47. The Bertz CT molecular complexity index is 392. The van der Waals surface area contributed by atoms with Gasteiger partial charge >= 0.3 is 0 Å². The van der Waals surface area contributed by atoms with Crippen LogP contribution >= 0.6 is 0 Å². The number of nitrogens with zero attached hydrogens (tertiary/aromatic N) is 1. The molecule has 3 nitrogen and oxygen atoms in total. The number of nitrogens with two attached hydrogens (primary N) is 1.